The van der Waals surface area contributed by atoms with Crippen LogP contribution in [0.5, 0.6) is 0 Å². The average molecular weight is 600 g/mol. The van der Waals surface area contributed by atoms with Gasteiger partial charge < -0.3 is 0 Å². The summed E-state index contributed by atoms with van der Waals surface area (Å²) in [6.45, 7) is 0. The highest BCUT2D eigenvalue weighted by Crippen LogP contribution is 2.42. The zero-order chi connectivity index (χ0) is 29.0. The van der Waals surface area contributed by atoms with Crippen molar-refractivity contribution in [2.45, 2.75) is 0 Å². The first-order valence-corrected chi connectivity index (χ1v) is 15.9. The second-order valence-corrected chi connectivity index (χ2v) is 12.7. The minimum atomic E-state index is 0.659. The topological polar surface area (TPSA) is 64.5 Å². The first-order valence-electron chi connectivity index (χ1n) is 14.2. The molecule has 0 atom stereocenters. The normalized spacial score (nSPS) is 11.6. The van der Waals surface area contributed by atoms with Gasteiger partial charge in [0.2, 0.25) is 0 Å². The Hall–Kier alpha value is -5.37. The Balaban J connectivity index is 1.22. The van der Waals surface area contributed by atoms with Gasteiger partial charge >= 0.3 is 0 Å². The van der Waals surface area contributed by atoms with Crippen LogP contribution in [0.15, 0.2) is 128 Å². The summed E-state index contributed by atoms with van der Waals surface area (Å²) in [4.78, 5) is 23.6. The Morgan fingerprint density at radius 1 is 0.455 bits per heavy atom. The summed E-state index contributed by atoms with van der Waals surface area (Å²) < 4.78 is 4.82. The first-order chi connectivity index (χ1) is 21.8. The number of hydrogen-bond acceptors (Lipinski definition) is 7. The van der Waals surface area contributed by atoms with Crippen LogP contribution in [-0.4, -0.2) is 24.9 Å². The van der Waals surface area contributed by atoms with Crippen LogP contribution in [0.4, 0.5) is 0 Å². The maximum Gasteiger partial charge on any atom is 0.164 e. The molecule has 0 aliphatic rings. The quantitative estimate of drug-likeness (QED) is 0.201. The highest BCUT2D eigenvalue weighted by Gasteiger charge is 2.16. The minimum Gasteiger partial charge on any atom is -0.243 e. The average Bonchev–Trinajstić information content (AvgIpc) is 3.66. The maximum absolute atomic E-state index is 4.96. The van der Waals surface area contributed by atoms with E-state index in [2.05, 4.69) is 64.6 Å². The van der Waals surface area contributed by atoms with E-state index in [1.54, 1.807) is 17.7 Å². The van der Waals surface area contributed by atoms with Gasteiger partial charge in [0.25, 0.3) is 0 Å². The molecule has 0 aliphatic heterocycles. The Bertz CT molecular complexity index is 2440. The Morgan fingerprint density at radius 3 is 1.75 bits per heavy atom. The summed E-state index contributed by atoms with van der Waals surface area (Å²) >= 11 is 3.56. The molecule has 0 spiro atoms. The highest BCUT2D eigenvalue weighted by atomic mass is 32.1. The third-order valence-electron chi connectivity index (χ3n) is 7.90. The molecule has 206 valence electrons. The fourth-order valence-corrected chi connectivity index (χ4v) is 8.02. The summed E-state index contributed by atoms with van der Waals surface area (Å²) in [5.41, 5.74) is 6.29. The van der Waals surface area contributed by atoms with Crippen LogP contribution in [-0.2, 0) is 0 Å². The van der Waals surface area contributed by atoms with Crippen molar-refractivity contribution in [2.24, 2.45) is 0 Å². The van der Waals surface area contributed by atoms with E-state index in [1.807, 2.05) is 78.2 Å². The van der Waals surface area contributed by atoms with Crippen LogP contribution in [0.1, 0.15) is 0 Å². The molecule has 0 saturated carbocycles. The highest BCUT2D eigenvalue weighted by molar-refractivity contribution is 7.26. The van der Waals surface area contributed by atoms with Gasteiger partial charge in [-0.05, 0) is 41.5 Å². The molecule has 44 heavy (non-hydrogen) atoms. The van der Waals surface area contributed by atoms with E-state index in [0.29, 0.717) is 17.5 Å². The molecule has 5 aromatic carbocycles. The minimum absolute atomic E-state index is 0.659. The number of benzene rings is 5. The second-order valence-electron chi connectivity index (χ2n) is 10.6. The molecule has 5 nitrogen and oxygen atoms in total. The second kappa shape index (κ2) is 10.1. The van der Waals surface area contributed by atoms with Gasteiger partial charge in [0, 0.05) is 53.1 Å². The van der Waals surface area contributed by atoms with E-state index in [1.165, 1.54) is 41.4 Å². The van der Waals surface area contributed by atoms with E-state index >= 15 is 0 Å². The third kappa shape index (κ3) is 4.17. The van der Waals surface area contributed by atoms with Gasteiger partial charge in [0.15, 0.2) is 17.5 Å². The summed E-state index contributed by atoms with van der Waals surface area (Å²) in [6, 6.07) is 40.0. The van der Waals surface area contributed by atoms with Crippen molar-refractivity contribution in [1.82, 2.24) is 24.9 Å². The van der Waals surface area contributed by atoms with Crippen molar-refractivity contribution in [1.29, 1.82) is 0 Å². The fraction of sp³-hybridized carbons (Fsp3) is 0. The molecule has 0 radical (unpaired) electrons. The van der Waals surface area contributed by atoms with Crippen LogP contribution < -0.4 is 0 Å². The molecule has 0 amide bonds. The fourth-order valence-electron chi connectivity index (χ4n) is 5.79. The Kier molecular flexibility index (Phi) is 5.79. The lowest BCUT2D eigenvalue weighted by molar-refractivity contribution is 1.07. The molecular weight excluding hydrogens is 579 g/mol. The van der Waals surface area contributed by atoms with E-state index in [4.69, 9.17) is 15.0 Å². The molecule has 0 saturated heterocycles. The molecule has 4 heterocycles. The predicted molar refractivity (Wildman–Crippen MR) is 183 cm³/mol. The molecule has 0 bridgehead atoms. The van der Waals surface area contributed by atoms with Gasteiger partial charge in [-0.1, -0.05) is 84.9 Å². The molecule has 4 aromatic heterocycles. The molecule has 0 N–H and O–H groups in total. The standard InChI is InChI=1S/C37H21N5S2/c1-3-8-22(9-4-1)35-40-36(23-10-5-2-6-11-23)42-37(41-35)25-15-17-31-29(19-25)28-18-24(14-16-30(28)43-31)26-12-7-13-27-33-32(44-34(26)27)20-38-21-39-33/h1-21H. The van der Waals surface area contributed by atoms with Crippen molar-refractivity contribution < 1.29 is 0 Å². The lowest BCUT2D eigenvalue weighted by atomic mass is 10.0. The maximum atomic E-state index is 4.96. The molecule has 9 aromatic rings. The van der Waals surface area contributed by atoms with Crippen molar-refractivity contribution in [3.63, 3.8) is 0 Å². The van der Waals surface area contributed by atoms with Crippen LogP contribution in [0.2, 0.25) is 0 Å². The molecule has 9 rings (SSSR count). The lowest BCUT2D eigenvalue weighted by Gasteiger charge is -2.08. The van der Waals surface area contributed by atoms with Crippen molar-refractivity contribution >= 4 is 63.1 Å². The molecular formula is C37H21N5S2. The number of fused-ring (bicyclic) bond motifs is 6. The zero-order valence-electron chi connectivity index (χ0n) is 23.2. The van der Waals surface area contributed by atoms with Gasteiger partial charge in [-0.2, -0.15) is 0 Å². The summed E-state index contributed by atoms with van der Waals surface area (Å²) in [5, 5.41) is 3.59. The van der Waals surface area contributed by atoms with Crippen molar-refractivity contribution in [2.75, 3.05) is 0 Å². The summed E-state index contributed by atoms with van der Waals surface area (Å²) in [7, 11) is 0. The number of rotatable bonds is 4. The predicted octanol–water partition coefficient (Wildman–Crippen LogP) is 10.1. The number of aromatic nitrogens is 5. The monoisotopic (exact) mass is 599 g/mol. The molecule has 0 fully saturated rings. The number of thiophene rings is 2. The van der Waals surface area contributed by atoms with Gasteiger partial charge in [-0.25, -0.2) is 24.9 Å². The van der Waals surface area contributed by atoms with Crippen LogP contribution in [0.3, 0.4) is 0 Å². The SMILES string of the molecule is c1ccc(-c2nc(-c3ccccc3)nc(-c3ccc4sc5ccc(-c6cccc7c6sc6cncnc67)cc5c4c3)n2)cc1. The van der Waals surface area contributed by atoms with Gasteiger partial charge in [0.1, 0.15) is 6.33 Å². The Morgan fingerprint density at radius 2 is 1.07 bits per heavy atom. The Labute approximate surface area is 260 Å². The van der Waals surface area contributed by atoms with Gasteiger partial charge in [-0.3, -0.25) is 0 Å². The van der Waals surface area contributed by atoms with Crippen LogP contribution in [0, 0.1) is 0 Å². The molecule has 0 unspecified atom stereocenters. The van der Waals surface area contributed by atoms with Gasteiger partial charge in [0.05, 0.1) is 10.2 Å². The van der Waals surface area contributed by atoms with E-state index in [9.17, 15) is 0 Å². The van der Waals surface area contributed by atoms with Crippen molar-refractivity contribution in [3.8, 4) is 45.3 Å². The first kappa shape index (κ1) is 25.2. The van der Waals surface area contributed by atoms with Crippen LogP contribution >= 0.6 is 22.7 Å². The molecule has 0 aliphatic carbocycles. The zero-order valence-corrected chi connectivity index (χ0v) is 24.8. The number of hydrogen-bond donors (Lipinski definition) is 0. The molecule has 7 heteroatoms. The van der Waals surface area contributed by atoms with Crippen molar-refractivity contribution in [3.05, 3.63) is 128 Å². The lowest BCUT2D eigenvalue weighted by Crippen LogP contribution is -2.00. The largest absolute Gasteiger partial charge is 0.243 e. The van der Waals surface area contributed by atoms with Crippen LogP contribution in [0.25, 0.3) is 85.8 Å². The van der Waals surface area contributed by atoms with Gasteiger partial charge in [-0.15, -0.1) is 22.7 Å². The van der Waals surface area contributed by atoms with E-state index in [0.717, 1.165) is 26.9 Å². The van der Waals surface area contributed by atoms with E-state index in [-0.39, 0.29) is 0 Å². The smallest absolute Gasteiger partial charge is 0.164 e. The number of nitrogens with zero attached hydrogens (tertiary/aromatic N) is 5. The van der Waals surface area contributed by atoms with E-state index < -0.39 is 0 Å². The third-order valence-corrected chi connectivity index (χ3v) is 10.2. The summed E-state index contributed by atoms with van der Waals surface area (Å²) in [5.74, 6) is 1.98. The summed E-state index contributed by atoms with van der Waals surface area (Å²) in [6.07, 6.45) is 3.53.